The molecule has 0 saturated carbocycles. The Bertz CT molecular complexity index is 3920. The van der Waals surface area contributed by atoms with Gasteiger partial charge < -0.3 is 0 Å². The van der Waals surface area contributed by atoms with E-state index in [2.05, 4.69) is 223 Å². The molecule has 3 nitrogen and oxygen atoms in total. The molecular formula is C62H39N3. The zero-order chi connectivity index (χ0) is 42.8. The fourth-order valence-corrected chi connectivity index (χ4v) is 10.2. The number of fused-ring (bicyclic) bond motifs is 8. The van der Waals surface area contributed by atoms with Crippen molar-refractivity contribution in [3.63, 3.8) is 0 Å². The highest BCUT2D eigenvalue weighted by Crippen LogP contribution is 2.42. The average molecular weight is 826 g/mol. The molecule has 11 aromatic carbocycles. The van der Waals surface area contributed by atoms with Crippen LogP contribution in [0.4, 0.5) is 0 Å². The van der Waals surface area contributed by atoms with Gasteiger partial charge in [0.1, 0.15) is 5.82 Å². The zero-order valence-electron chi connectivity index (χ0n) is 35.4. The summed E-state index contributed by atoms with van der Waals surface area (Å²) in [7, 11) is 0. The second kappa shape index (κ2) is 15.0. The van der Waals surface area contributed by atoms with E-state index in [9.17, 15) is 0 Å². The molecule has 0 bridgehead atoms. The second-order valence-electron chi connectivity index (χ2n) is 16.9. The van der Waals surface area contributed by atoms with E-state index in [4.69, 9.17) is 9.97 Å². The first-order valence-electron chi connectivity index (χ1n) is 22.2. The van der Waals surface area contributed by atoms with E-state index in [1.54, 1.807) is 0 Å². The number of benzene rings is 11. The first-order chi connectivity index (χ1) is 32.2. The van der Waals surface area contributed by atoms with Crippen LogP contribution in [0.5, 0.6) is 0 Å². The van der Waals surface area contributed by atoms with Crippen molar-refractivity contribution in [2.45, 2.75) is 0 Å². The summed E-state index contributed by atoms with van der Waals surface area (Å²) in [6.07, 6.45) is 0. The van der Waals surface area contributed by atoms with Crippen LogP contribution in [-0.2, 0) is 0 Å². The molecule has 0 spiro atoms. The summed E-state index contributed by atoms with van der Waals surface area (Å²) in [6, 6.07) is 85.3. The highest BCUT2D eigenvalue weighted by atomic mass is 15.1. The standard InChI is InChI=1S/C62H39N3/c1-2-15-45(16-3-1)62-63-57(39-60(64-62)65-58-24-12-10-22-53(58)54-23-11-13-25-59(54)65)43-30-26-41(27-31-43)48-36-37-49(52-21-9-8-20-51(48)52)42-28-32-44(33-29-42)61-50-19-7-5-17-46(50)38-56-47-18-6-4-14-40(47)34-35-55(56)61/h1-39H. The Morgan fingerprint density at radius 2 is 0.785 bits per heavy atom. The Morgan fingerprint density at radius 3 is 1.43 bits per heavy atom. The molecule has 0 saturated heterocycles. The van der Waals surface area contributed by atoms with Crippen molar-refractivity contribution in [2.24, 2.45) is 0 Å². The molecule has 13 rings (SSSR count). The van der Waals surface area contributed by atoms with E-state index in [0.29, 0.717) is 5.82 Å². The van der Waals surface area contributed by atoms with Crippen molar-refractivity contribution < 1.29 is 0 Å². The van der Waals surface area contributed by atoms with Crippen LogP contribution in [0.3, 0.4) is 0 Å². The van der Waals surface area contributed by atoms with Crippen LogP contribution in [-0.4, -0.2) is 14.5 Å². The van der Waals surface area contributed by atoms with Crippen LogP contribution in [0.2, 0.25) is 0 Å². The summed E-state index contributed by atoms with van der Waals surface area (Å²) in [6.45, 7) is 0. The van der Waals surface area contributed by atoms with Crippen LogP contribution in [0.25, 0.3) is 127 Å². The van der Waals surface area contributed by atoms with E-state index in [0.717, 1.165) is 39.2 Å². The average Bonchev–Trinajstić information content (AvgIpc) is 3.72. The van der Waals surface area contributed by atoms with Gasteiger partial charge in [-0.05, 0) is 94.7 Å². The van der Waals surface area contributed by atoms with Crippen LogP contribution >= 0.6 is 0 Å². The van der Waals surface area contributed by atoms with Gasteiger partial charge in [0.2, 0.25) is 0 Å². The molecule has 0 radical (unpaired) electrons. The van der Waals surface area contributed by atoms with Gasteiger partial charge in [-0.2, -0.15) is 0 Å². The lowest BCUT2D eigenvalue weighted by Crippen LogP contribution is -2.02. The molecule has 0 amide bonds. The molecular weight excluding hydrogens is 787 g/mol. The summed E-state index contributed by atoms with van der Waals surface area (Å²) >= 11 is 0. The molecule has 0 fully saturated rings. The number of hydrogen-bond donors (Lipinski definition) is 0. The first kappa shape index (κ1) is 36.9. The second-order valence-corrected chi connectivity index (χ2v) is 16.9. The third-order valence-corrected chi connectivity index (χ3v) is 13.2. The summed E-state index contributed by atoms with van der Waals surface area (Å²) in [5.41, 5.74) is 12.4. The Morgan fingerprint density at radius 1 is 0.277 bits per heavy atom. The maximum Gasteiger partial charge on any atom is 0.162 e. The minimum atomic E-state index is 0.692. The van der Waals surface area contributed by atoms with Gasteiger partial charge in [0.25, 0.3) is 0 Å². The van der Waals surface area contributed by atoms with E-state index in [1.807, 2.05) is 18.2 Å². The predicted molar refractivity (Wildman–Crippen MR) is 274 cm³/mol. The van der Waals surface area contributed by atoms with Crippen molar-refractivity contribution in [3.8, 4) is 61.8 Å². The quantitative estimate of drug-likeness (QED) is 0.123. The molecule has 2 aromatic heterocycles. The SMILES string of the molecule is c1ccc(-c2nc(-c3ccc(-c4ccc(-c5ccc(-c6c7ccccc7cc7c6ccc6ccccc67)cc5)c5ccccc45)cc3)cc(-n3c4ccccc4c4ccccc43)n2)cc1. The van der Waals surface area contributed by atoms with E-state index in [-0.39, 0.29) is 0 Å². The highest BCUT2D eigenvalue weighted by Gasteiger charge is 2.18. The Labute approximate surface area is 376 Å². The van der Waals surface area contributed by atoms with Crippen LogP contribution < -0.4 is 0 Å². The molecule has 2 heterocycles. The van der Waals surface area contributed by atoms with Crippen molar-refractivity contribution in [1.29, 1.82) is 0 Å². The van der Waals surface area contributed by atoms with Crippen molar-refractivity contribution in [1.82, 2.24) is 14.5 Å². The topological polar surface area (TPSA) is 30.7 Å². The number of para-hydroxylation sites is 2. The molecule has 3 heteroatoms. The Balaban J connectivity index is 0.883. The number of aromatic nitrogens is 3. The summed E-state index contributed by atoms with van der Waals surface area (Å²) < 4.78 is 2.27. The van der Waals surface area contributed by atoms with Gasteiger partial charge in [0, 0.05) is 28.0 Å². The minimum Gasteiger partial charge on any atom is -0.294 e. The van der Waals surface area contributed by atoms with Crippen molar-refractivity contribution in [3.05, 3.63) is 237 Å². The molecule has 0 N–H and O–H groups in total. The van der Waals surface area contributed by atoms with Crippen LogP contribution in [0, 0.1) is 0 Å². The third-order valence-electron chi connectivity index (χ3n) is 13.2. The third kappa shape index (κ3) is 6.12. The van der Waals surface area contributed by atoms with Crippen molar-refractivity contribution >= 4 is 64.9 Å². The first-order valence-corrected chi connectivity index (χ1v) is 22.2. The largest absolute Gasteiger partial charge is 0.294 e. The number of rotatable bonds is 6. The number of hydrogen-bond acceptors (Lipinski definition) is 2. The molecule has 302 valence electrons. The molecule has 13 aromatic rings. The summed E-state index contributed by atoms with van der Waals surface area (Å²) in [5.74, 6) is 1.53. The number of nitrogens with zero attached hydrogens (tertiary/aromatic N) is 3. The maximum atomic E-state index is 5.21. The van der Waals surface area contributed by atoms with Gasteiger partial charge >= 0.3 is 0 Å². The molecule has 0 aliphatic carbocycles. The molecule has 0 aliphatic rings. The monoisotopic (exact) mass is 825 g/mol. The molecule has 0 unspecified atom stereocenters. The summed E-state index contributed by atoms with van der Waals surface area (Å²) in [4.78, 5) is 10.4. The lowest BCUT2D eigenvalue weighted by atomic mass is 9.88. The van der Waals surface area contributed by atoms with Gasteiger partial charge in [0.05, 0.1) is 16.7 Å². The van der Waals surface area contributed by atoms with Crippen LogP contribution in [0.1, 0.15) is 0 Å². The fourth-order valence-electron chi connectivity index (χ4n) is 10.2. The zero-order valence-corrected chi connectivity index (χ0v) is 35.4. The Kier molecular flexibility index (Phi) is 8.53. The molecule has 0 atom stereocenters. The smallest absolute Gasteiger partial charge is 0.162 e. The van der Waals surface area contributed by atoms with E-state index in [1.165, 1.54) is 81.7 Å². The van der Waals surface area contributed by atoms with Gasteiger partial charge in [0.15, 0.2) is 5.82 Å². The lowest BCUT2D eigenvalue weighted by molar-refractivity contribution is 1.05. The van der Waals surface area contributed by atoms with Crippen LogP contribution in [0.15, 0.2) is 237 Å². The normalized spacial score (nSPS) is 11.7. The van der Waals surface area contributed by atoms with Gasteiger partial charge in [-0.3, -0.25) is 4.57 Å². The predicted octanol–water partition coefficient (Wildman–Crippen LogP) is 16.5. The fraction of sp³-hybridized carbons (Fsp3) is 0. The van der Waals surface area contributed by atoms with Crippen molar-refractivity contribution in [2.75, 3.05) is 0 Å². The van der Waals surface area contributed by atoms with Gasteiger partial charge in [-0.15, -0.1) is 0 Å². The van der Waals surface area contributed by atoms with E-state index >= 15 is 0 Å². The van der Waals surface area contributed by atoms with Gasteiger partial charge in [-0.25, -0.2) is 9.97 Å². The lowest BCUT2D eigenvalue weighted by Gasteiger charge is -2.15. The van der Waals surface area contributed by atoms with E-state index < -0.39 is 0 Å². The minimum absolute atomic E-state index is 0.692. The maximum absolute atomic E-state index is 5.21. The molecule has 65 heavy (non-hydrogen) atoms. The Hall–Kier alpha value is -8.66. The highest BCUT2D eigenvalue weighted by molar-refractivity contribution is 6.20. The molecule has 0 aliphatic heterocycles. The summed E-state index contributed by atoms with van der Waals surface area (Å²) in [5, 5.41) is 12.5. The van der Waals surface area contributed by atoms with Gasteiger partial charge in [-0.1, -0.05) is 212 Å².